The van der Waals surface area contributed by atoms with Crippen molar-refractivity contribution < 1.29 is 4.84 Å². The van der Waals surface area contributed by atoms with E-state index in [0.29, 0.717) is 11.7 Å². The number of nitrogens with zero attached hydrogens (tertiary/aromatic N) is 1. The van der Waals surface area contributed by atoms with Gasteiger partial charge in [0.2, 0.25) is 0 Å². The zero-order chi connectivity index (χ0) is 16.2. The molecule has 0 atom stereocenters. The predicted octanol–water partition coefficient (Wildman–Crippen LogP) is 3.95. The fourth-order valence-electron chi connectivity index (χ4n) is 2.40. The molecular formula is C17H16BrN3OS. The van der Waals surface area contributed by atoms with Crippen LogP contribution in [0.3, 0.4) is 0 Å². The van der Waals surface area contributed by atoms with Gasteiger partial charge in [-0.3, -0.25) is 0 Å². The van der Waals surface area contributed by atoms with E-state index in [9.17, 15) is 0 Å². The Kier molecular flexibility index (Phi) is 4.83. The molecule has 118 valence electrons. The Morgan fingerprint density at radius 3 is 2.74 bits per heavy atom. The zero-order valence-corrected chi connectivity index (χ0v) is 14.9. The van der Waals surface area contributed by atoms with E-state index in [1.54, 1.807) is 11.8 Å². The normalized spacial score (nSPS) is 10.5. The summed E-state index contributed by atoms with van der Waals surface area (Å²) >= 11 is 8.86. The minimum Gasteiger partial charge on any atom is -0.417 e. The van der Waals surface area contributed by atoms with Gasteiger partial charge >= 0.3 is 0 Å². The standard InChI is InChI=1S/C17H16BrN3OS/c1-22-21-11-12(15-9-13(18)7-8-16(15)21)10-19-17(23)20-14-5-3-2-4-6-14/h2-9,11H,10H2,1H3,(H2,19,20,23). The summed E-state index contributed by atoms with van der Waals surface area (Å²) in [4.78, 5) is 5.38. The van der Waals surface area contributed by atoms with Gasteiger partial charge in [-0.1, -0.05) is 34.1 Å². The second-order valence-electron chi connectivity index (χ2n) is 5.00. The lowest BCUT2D eigenvalue weighted by molar-refractivity contribution is 0.179. The smallest absolute Gasteiger partial charge is 0.171 e. The molecule has 2 N–H and O–H groups in total. The Balaban J connectivity index is 1.74. The molecule has 0 amide bonds. The molecule has 3 aromatic rings. The number of anilines is 1. The Hall–Kier alpha value is -2.05. The molecule has 6 heteroatoms. The van der Waals surface area contributed by atoms with E-state index in [-0.39, 0.29) is 0 Å². The molecule has 3 rings (SSSR count). The summed E-state index contributed by atoms with van der Waals surface area (Å²) in [5, 5.41) is 8.11. The molecule has 1 heterocycles. The number of rotatable bonds is 4. The highest BCUT2D eigenvalue weighted by Gasteiger charge is 2.10. The zero-order valence-electron chi connectivity index (χ0n) is 12.5. The van der Waals surface area contributed by atoms with Gasteiger partial charge in [0, 0.05) is 33.9 Å². The van der Waals surface area contributed by atoms with Crippen LogP contribution in [0, 0.1) is 0 Å². The first kappa shape index (κ1) is 15.8. The second kappa shape index (κ2) is 7.02. The third kappa shape index (κ3) is 3.65. The van der Waals surface area contributed by atoms with Crippen LogP contribution < -0.4 is 15.5 Å². The molecule has 0 spiro atoms. The fourth-order valence-corrected chi connectivity index (χ4v) is 2.95. The van der Waals surface area contributed by atoms with Crippen molar-refractivity contribution in [1.29, 1.82) is 0 Å². The second-order valence-corrected chi connectivity index (χ2v) is 6.32. The van der Waals surface area contributed by atoms with Gasteiger partial charge in [0.1, 0.15) is 7.11 Å². The number of aromatic nitrogens is 1. The molecule has 0 bridgehead atoms. The lowest BCUT2D eigenvalue weighted by Crippen LogP contribution is -2.27. The number of benzene rings is 2. The van der Waals surface area contributed by atoms with E-state index in [1.807, 2.05) is 48.7 Å². The minimum absolute atomic E-state index is 0.588. The van der Waals surface area contributed by atoms with Crippen molar-refractivity contribution >= 4 is 49.9 Å². The third-order valence-corrected chi connectivity index (χ3v) is 4.22. The molecule has 23 heavy (non-hydrogen) atoms. The monoisotopic (exact) mass is 389 g/mol. The lowest BCUT2D eigenvalue weighted by Gasteiger charge is -2.10. The van der Waals surface area contributed by atoms with Crippen molar-refractivity contribution in [2.45, 2.75) is 6.54 Å². The molecule has 0 saturated heterocycles. The molecule has 0 aliphatic heterocycles. The summed E-state index contributed by atoms with van der Waals surface area (Å²) in [5.74, 6) is 0. The summed E-state index contributed by atoms with van der Waals surface area (Å²) < 4.78 is 2.79. The Bertz CT molecular complexity index is 832. The number of hydrogen-bond acceptors (Lipinski definition) is 2. The highest BCUT2D eigenvalue weighted by atomic mass is 79.9. The quantitative estimate of drug-likeness (QED) is 0.662. The summed E-state index contributed by atoms with van der Waals surface area (Å²) in [6.07, 6.45) is 1.97. The van der Waals surface area contributed by atoms with Crippen molar-refractivity contribution in [3.05, 3.63) is 64.8 Å². The molecule has 0 radical (unpaired) electrons. The summed E-state index contributed by atoms with van der Waals surface area (Å²) in [7, 11) is 1.65. The Morgan fingerprint density at radius 1 is 1.22 bits per heavy atom. The summed E-state index contributed by atoms with van der Waals surface area (Å²) in [5.41, 5.74) is 3.10. The van der Waals surface area contributed by atoms with Crippen LogP contribution in [0.5, 0.6) is 0 Å². The first-order chi connectivity index (χ1) is 11.2. The van der Waals surface area contributed by atoms with E-state index in [2.05, 4.69) is 32.6 Å². The van der Waals surface area contributed by atoms with Crippen LogP contribution in [0.2, 0.25) is 0 Å². The van der Waals surface area contributed by atoms with Crippen molar-refractivity contribution in [2.24, 2.45) is 0 Å². The van der Waals surface area contributed by atoms with Gasteiger partial charge in [-0.15, -0.1) is 0 Å². The van der Waals surface area contributed by atoms with Gasteiger partial charge < -0.3 is 15.5 Å². The maximum Gasteiger partial charge on any atom is 0.171 e. The molecule has 4 nitrogen and oxygen atoms in total. The lowest BCUT2D eigenvalue weighted by atomic mass is 10.2. The van der Waals surface area contributed by atoms with E-state index in [4.69, 9.17) is 17.1 Å². The summed E-state index contributed by atoms with van der Waals surface area (Å²) in [6, 6.07) is 15.9. The van der Waals surface area contributed by atoms with Gasteiger partial charge in [-0.05, 0) is 42.5 Å². The molecule has 0 aliphatic carbocycles. The molecule has 0 fully saturated rings. The maximum absolute atomic E-state index is 5.38. The van der Waals surface area contributed by atoms with Crippen LogP contribution in [-0.4, -0.2) is 17.0 Å². The number of hydrogen-bond donors (Lipinski definition) is 2. The van der Waals surface area contributed by atoms with Crippen LogP contribution in [0.25, 0.3) is 10.9 Å². The van der Waals surface area contributed by atoms with Gasteiger partial charge in [0.25, 0.3) is 0 Å². The third-order valence-electron chi connectivity index (χ3n) is 3.48. The van der Waals surface area contributed by atoms with Crippen LogP contribution in [0.4, 0.5) is 5.69 Å². The topological polar surface area (TPSA) is 38.2 Å². The minimum atomic E-state index is 0.588. The number of halogens is 1. The average Bonchev–Trinajstić information content (AvgIpc) is 2.91. The predicted molar refractivity (Wildman–Crippen MR) is 102 cm³/mol. The molecule has 2 aromatic carbocycles. The Morgan fingerprint density at radius 2 is 2.00 bits per heavy atom. The van der Waals surface area contributed by atoms with Crippen molar-refractivity contribution in [1.82, 2.24) is 10.0 Å². The maximum atomic E-state index is 5.38. The van der Waals surface area contributed by atoms with Gasteiger partial charge in [0.15, 0.2) is 5.11 Å². The molecule has 0 unspecified atom stereocenters. The van der Waals surface area contributed by atoms with Crippen LogP contribution >= 0.6 is 28.1 Å². The SMILES string of the molecule is COn1cc(CNC(=S)Nc2ccccc2)c2cc(Br)ccc21. The molecule has 1 aromatic heterocycles. The molecule has 0 saturated carbocycles. The number of thiocarbonyl (C=S) groups is 1. The van der Waals surface area contributed by atoms with Crippen LogP contribution in [-0.2, 0) is 6.54 Å². The first-order valence-corrected chi connectivity index (χ1v) is 8.31. The average molecular weight is 390 g/mol. The van der Waals surface area contributed by atoms with Gasteiger partial charge in [-0.25, -0.2) is 0 Å². The van der Waals surface area contributed by atoms with Crippen LogP contribution in [0.1, 0.15) is 5.56 Å². The van der Waals surface area contributed by atoms with Crippen molar-refractivity contribution in [3.8, 4) is 0 Å². The van der Waals surface area contributed by atoms with E-state index in [1.165, 1.54) is 0 Å². The van der Waals surface area contributed by atoms with Crippen molar-refractivity contribution in [2.75, 3.05) is 12.4 Å². The molecule has 0 aliphatic rings. The highest BCUT2D eigenvalue weighted by Crippen LogP contribution is 2.24. The van der Waals surface area contributed by atoms with E-state index in [0.717, 1.165) is 26.6 Å². The number of fused-ring (bicyclic) bond motifs is 1. The largest absolute Gasteiger partial charge is 0.417 e. The molecular weight excluding hydrogens is 374 g/mol. The number of para-hydroxylation sites is 1. The van der Waals surface area contributed by atoms with E-state index < -0.39 is 0 Å². The van der Waals surface area contributed by atoms with Gasteiger partial charge in [0.05, 0.1) is 5.52 Å². The van der Waals surface area contributed by atoms with Crippen LogP contribution in [0.15, 0.2) is 59.2 Å². The first-order valence-electron chi connectivity index (χ1n) is 7.11. The van der Waals surface area contributed by atoms with E-state index >= 15 is 0 Å². The highest BCUT2D eigenvalue weighted by molar-refractivity contribution is 9.10. The fraction of sp³-hybridized carbons (Fsp3) is 0.118. The Labute approximate surface area is 148 Å². The summed E-state index contributed by atoms with van der Waals surface area (Å²) in [6.45, 7) is 0.613. The number of nitrogens with one attached hydrogen (secondary N) is 2. The van der Waals surface area contributed by atoms with Gasteiger partial charge in [-0.2, -0.15) is 4.73 Å². The van der Waals surface area contributed by atoms with Crippen molar-refractivity contribution in [3.63, 3.8) is 0 Å².